The van der Waals surface area contributed by atoms with Gasteiger partial charge in [0.15, 0.2) is 0 Å². The van der Waals surface area contributed by atoms with Gasteiger partial charge in [-0.15, -0.1) is 0 Å². The van der Waals surface area contributed by atoms with Crippen LogP contribution in [-0.4, -0.2) is 88.4 Å². The highest BCUT2D eigenvalue weighted by Crippen LogP contribution is 2.43. The standard InChI is InChI=1S/C31H39N11O2/c1-9-27(43)35-22-14-23(26(44-8)15-25(22)40(6)13-12-39(4)5)37-29-32-19-33-30(38-29)42-18-31(2,3)28-24(42)11-10-21(36-28)20-16-34-41(7)17-20/h9-11,14-17,19H,1,12-13,18H2,2-8H3,(H,35,43)(H,32,33,37,38). The minimum Gasteiger partial charge on any atom is -0.494 e. The first-order chi connectivity index (χ1) is 21.0. The minimum atomic E-state index is -0.318. The van der Waals surface area contributed by atoms with Crippen LogP contribution >= 0.6 is 0 Å². The summed E-state index contributed by atoms with van der Waals surface area (Å²) in [6.45, 7) is 10.1. The maximum Gasteiger partial charge on any atom is 0.247 e. The molecule has 0 bridgehead atoms. The SMILES string of the molecule is C=CC(=O)Nc1cc(Nc2ncnc(N3CC(C)(C)c4nc(-c5cnn(C)c5)ccc43)n2)c(OC)cc1N(C)CCN(C)C. The lowest BCUT2D eigenvalue weighted by Crippen LogP contribution is -2.29. The Labute approximate surface area is 257 Å². The predicted molar refractivity (Wildman–Crippen MR) is 173 cm³/mol. The molecule has 0 radical (unpaired) electrons. The zero-order valence-electron chi connectivity index (χ0n) is 26.3. The largest absolute Gasteiger partial charge is 0.494 e. The topological polar surface area (TPSA) is 129 Å². The van der Waals surface area contributed by atoms with Gasteiger partial charge in [-0.1, -0.05) is 20.4 Å². The number of ether oxygens (including phenoxy) is 1. The summed E-state index contributed by atoms with van der Waals surface area (Å²) in [4.78, 5) is 37.2. The number of aryl methyl sites for hydroxylation is 1. The van der Waals surface area contributed by atoms with Crippen LogP contribution in [0.3, 0.4) is 0 Å². The van der Waals surface area contributed by atoms with Crippen molar-refractivity contribution in [2.24, 2.45) is 7.05 Å². The van der Waals surface area contributed by atoms with Crippen LogP contribution < -0.4 is 25.2 Å². The number of benzene rings is 1. The summed E-state index contributed by atoms with van der Waals surface area (Å²) in [7, 11) is 9.49. The molecule has 0 spiro atoms. The number of carbonyl (C=O) groups excluding carboxylic acids is 1. The number of likely N-dealkylation sites (N-methyl/N-ethyl adjacent to an activating group) is 2. The summed E-state index contributed by atoms with van der Waals surface area (Å²) >= 11 is 0. The maximum absolute atomic E-state index is 12.3. The van der Waals surface area contributed by atoms with Gasteiger partial charge in [-0.3, -0.25) is 9.48 Å². The van der Waals surface area contributed by atoms with Gasteiger partial charge >= 0.3 is 0 Å². The van der Waals surface area contributed by atoms with Gasteiger partial charge in [0.1, 0.15) is 12.1 Å². The molecule has 0 saturated heterocycles. The van der Waals surface area contributed by atoms with Gasteiger partial charge in [-0.2, -0.15) is 10.1 Å². The number of rotatable bonds is 11. The van der Waals surface area contributed by atoms with Crippen molar-refractivity contribution >= 4 is 40.6 Å². The summed E-state index contributed by atoms with van der Waals surface area (Å²) in [5.74, 6) is 1.06. The molecule has 0 aliphatic carbocycles. The van der Waals surface area contributed by atoms with Crippen LogP contribution in [0.1, 0.15) is 19.5 Å². The van der Waals surface area contributed by atoms with Gasteiger partial charge in [0.2, 0.25) is 17.8 Å². The number of hydrogen-bond donors (Lipinski definition) is 2. The van der Waals surface area contributed by atoms with E-state index in [1.807, 2.05) is 58.8 Å². The van der Waals surface area contributed by atoms with E-state index in [4.69, 9.17) is 14.7 Å². The van der Waals surface area contributed by atoms with Crippen molar-refractivity contribution in [1.29, 1.82) is 0 Å². The van der Waals surface area contributed by atoms with Gasteiger partial charge in [0, 0.05) is 57.0 Å². The summed E-state index contributed by atoms with van der Waals surface area (Å²) in [6, 6.07) is 7.73. The Morgan fingerprint density at radius 2 is 1.93 bits per heavy atom. The third-order valence-electron chi connectivity index (χ3n) is 7.46. The van der Waals surface area contributed by atoms with Gasteiger partial charge in [-0.25, -0.2) is 15.0 Å². The molecule has 1 amide bonds. The first-order valence-corrected chi connectivity index (χ1v) is 14.2. The molecule has 13 nitrogen and oxygen atoms in total. The molecule has 0 unspecified atom stereocenters. The summed E-state index contributed by atoms with van der Waals surface area (Å²) in [6.07, 6.45) is 6.48. The maximum atomic E-state index is 12.3. The summed E-state index contributed by atoms with van der Waals surface area (Å²) in [5.41, 5.74) is 5.47. The molecule has 4 aromatic rings. The fourth-order valence-electron chi connectivity index (χ4n) is 5.12. The van der Waals surface area contributed by atoms with Crippen molar-refractivity contribution in [2.75, 3.05) is 68.3 Å². The summed E-state index contributed by atoms with van der Waals surface area (Å²) < 4.78 is 7.51. The van der Waals surface area contributed by atoms with Crippen molar-refractivity contribution < 1.29 is 9.53 Å². The van der Waals surface area contributed by atoms with Crippen LogP contribution in [-0.2, 0) is 17.3 Å². The third kappa shape index (κ3) is 6.32. The summed E-state index contributed by atoms with van der Waals surface area (Å²) in [5, 5.41) is 10.5. The number of fused-ring (bicyclic) bond motifs is 1. The van der Waals surface area contributed by atoms with Crippen LogP contribution in [0.4, 0.5) is 34.6 Å². The molecule has 13 heteroatoms. The lowest BCUT2D eigenvalue weighted by molar-refractivity contribution is -0.111. The molecule has 3 aromatic heterocycles. The fraction of sp³-hybridized carbons (Fsp3) is 0.355. The molecule has 0 fully saturated rings. The Balaban J connectivity index is 1.46. The molecule has 5 rings (SSSR count). The van der Waals surface area contributed by atoms with E-state index >= 15 is 0 Å². The van der Waals surface area contributed by atoms with Crippen molar-refractivity contribution in [1.82, 2.24) is 34.6 Å². The highest BCUT2D eigenvalue weighted by Gasteiger charge is 2.39. The number of hydrogen-bond acceptors (Lipinski definition) is 11. The molecule has 0 atom stereocenters. The van der Waals surface area contributed by atoms with E-state index in [1.54, 1.807) is 11.8 Å². The first kappa shape index (κ1) is 30.4. The van der Waals surface area contributed by atoms with E-state index in [0.717, 1.165) is 41.4 Å². The molecule has 1 aromatic carbocycles. The second kappa shape index (κ2) is 12.3. The van der Waals surface area contributed by atoms with Crippen molar-refractivity contribution in [2.45, 2.75) is 19.3 Å². The highest BCUT2D eigenvalue weighted by molar-refractivity contribution is 6.02. The number of nitrogens with one attached hydrogen (secondary N) is 2. The normalized spacial score (nSPS) is 13.5. The second-order valence-electron chi connectivity index (χ2n) is 11.7. The monoisotopic (exact) mass is 597 g/mol. The number of nitrogens with zero attached hydrogens (tertiary/aromatic N) is 9. The molecular weight excluding hydrogens is 558 g/mol. The average molecular weight is 598 g/mol. The Morgan fingerprint density at radius 3 is 2.61 bits per heavy atom. The molecule has 4 heterocycles. The van der Waals surface area contributed by atoms with Gasteiger partial charge in [0.05, 0.1) is 47.4 Å². The minimum absolute atomic E-state index is 0.246. The zero-order chi connectivity index (χ0) is 31.6. The molecule has 0 saturated carbocycles. The third-order valence-corrected chi connectivity index (χ3v) is 7.46. The Hall–Kier alpha value is -5.04. The Bertz CT molecular complexity index is 1680. The van der Waals surface area contributed by atoms with Crippen molar-refractivity contribution in [3.63, 3.8) is 0 Å². The second-order valence-corrected chi connectivity index (χ2v) is 11.7. The first-order valence-electron chi connectivity index (χ1n) is 14.2. The van der Waals surface area contributed by atoms with Gasteiger partial charge < -0.3 is 30.1 Å². The Morgan fingerprint density at radius 1 is 1.14 bits per heavy atom. The lowest BCUT2D eigenvalue weighted by atomic mass is 9.91. The quantitative estimate of drug-likeness (QED) is 0.244. The van der Waals surface area contributed by atoms with E-state index in [-0.39, 0.29) is 11.3 Å². The van der Waals surface area contributed by atoms with Crippen LogP contribution in [0.2, 0.25) is 0 Å². The van der Waals surface area contributed by atoms with Crippen LogP contribution in [0.5, 0.6) is 5.75 Å². The molecule has 230 valence electrons. The number of anilines is 6. The number of aromatic nitrogens is 6. The average Bonchev–Trinajstić information content (AvgIpc) is 3.55. The van der Waals surface area contributed by atoms with Gasteiger partial charge in [-0.05, 0) is 38.4 Å². The van der Waals surface area contributed by atoms with Crippen LogP contribution in [0.15, 0.2) is 55.6 Å². The highest BCUT2D eigenvalue weighted by atomic mass is 16.5. The Kier molecular flexibility index (Phi) is 8.50. The van der Waals surface area contributed by atoms with Crippen molar-refractivity contribution in [3.05, 3.63) is 61.3 Å². The van der Waals surface area contributed by atoms with E-state index in [2.05, 4.69) is 66.9 Å². The number of methoxy groups -OCH3 is 1. The van der Waals surface area contributed by atoms with Crippen LogP contribution in [0.25, 0.3) is 11.3 Å². The zero-order valence-corrected chi connectivity index (χ0v) is 26.3. The van der Waals surface area contributed by atoms with E-state index in [1.165, 1.54) is 12.4 Å². The van der Waals surface area contributed by atoms with E-state index in [9.17, 15) is 4.79 Å². The molecule has 2 N–H and O–H groups in total. The number of carbonyl (C=O) groups is 1. The van der Waals surface area contributed by atoms with Gasteiger partial charge in [0.25, 0.3) is 0 Å². The smallest absolute Gasteiger partial charge is 0.247 e. The van der Waals surface area contributed by atoms with E-state index < -0.39 is 0 Å². The van der Waals surface area contributed by atoms with Crippen LogP contribution in [0, 0.1) is 0 Å². The number of pyridine rings is 1. The molecular formula is C31H39N11O2. The van der Waals surface area contributed by atoms with Crippen molar-refractivity contribution in [3.8, 4) is 17.0 Å². The van der Waals surface area contributed by atoms with E-state index in [0.29, 0.717) is 35.6 Å². The predicted octanol–water partition coefficient (Wildman–Crippen LogP) is 3.97. The lowest BCUT2D eigenvalue weighted by Gasteiger charge is -2.26. The molecule has 1 aliphatic heterocycles. The molecule has 44 heavy (non-hydrogen) atoms. The fourth-order valence-corrected chi connectivity index (χ4v) is 5.12. The number of amides is 1. The molecule has 1 aliphatic rings.